The minimum atomic E-state index is -0.244. The van der Waals surface area contributed by atoms with Gasteiger partial charge in [-0.2, -0.15) is 23.8 Å². The third kappa shape index (κ3) is 7.39. The van der Waals surface area contributed by atoms with E-state index in [9.17, 15) is 8.78 Å². The number of halogens is 4. The average molecular weight is 727 g/mol. The van der Waals surface area contributed by atoms with Crippen LogP contribution in [0.2, 0.25) is 0 Å². The van der Waals surface area contributed by atoms with Crippen molar-refractivity contribution < 1.29 is 57.8 Å². The molecule has 0 atom stereocenters. The first-order valence-electron chi connectivity index (χ1n) is 14.9. The standard InChI is InChI=1S/C23H21.C13H8F2.C5H5.2ClH.Zr/c1-22(2)7-5-14-10-18-16(12-20(14)22)9-17-13-21-15(11-19(17)18)6-8-23(21,3)4;14-12-5-1-10(2-6-12)9-11-3-7-13(15)8-4-11;1-2-4-5-3-1;;;/h5-7,10-13H,9H2,1-4H3;1-8H;1-5H;2*1H;/q-1;;-1;;;+2/p-2. The van der Waals surface area contributed by atoms with Crippen molar-refractivity contribution in [1.29, 1.82) is 0 Å². The Bertz CT molecular complexity index is 1750. The third-order valence-electron chi connectivity index (χ3n) is 8.68. The van der Waals surface area contributed by atoms with E-state index in [1.54, 1.807) is 24.3 Å². The molecular weight excluding hydrogens is 693 g/mol. The minimum absolute atomic E-state index is 0. The second-order valence-corrected chi connectivity index (χ2v) is 13.9. The van der Waals surface area contributed by atoms with Crippen LogP contribution in [0.5, 0.6) is 0 Å². The molecule has 3 aliphatic rings. The van der Waals surface area contributed by atoms with E-state index in [2.05, 4.69) is 76.3 Å². The molecule has 0 N–H and O–H groups in total. The van der Waals surface area contributed by atoms with E-state index >= 15 is 0 Å². The Morgan fingerprint density at radius 2 is 1.22 bits per heavy atom. The van der Waals surface area contributed by atoms with Crippen molar-refractivity contribution in [2.75, 3.05) is 0 Å². The predicted octanol–water partition coefficient (Wildman–Crippen LogP) is 4.16. The van der Waals surface area contributed by atoms with Crippen LogP contribution in [-0.2, 0) is 41.5 Å². The van der Waals surface area contributed by atoms with Crippen molar-refractivity contribution in [3.8, 4) is 11.1 Å². The number of rotatable bonds is 2. The van der Waals surface area contributed by atoms with E-state index in [4.69, 9.17) is 0 Å². The van der Waals surface area contributed by atoms with Crippen LogP contribution in [-0.4, -0.2) is 3.21 Å². The molecule has 0 aliphatic heterocycles. The van der Waals surface area contributed by atoms with Gasteiger partial charge < -0.3 is 24.8 Å². The summed E-state index contributed by atoms with van der Waals surface area (Å²) in [5.74, 6) is -0.488. The average Bonchev–Trinajstić information content (AvgIpc) is 3.80. The zero-order valence-electron chi connectivity index (χ0n) is 26.3. The van der Waals surface area contributed by atoms with Crippen LogP contribution in [0, 0.1) is 17.7 Å². The van der Waals surface area contributed by atoms with Crippen LogP contribution in [0.15, 0.2) is 109 Å². The van der Waals surface area contributed by atoms with Crippen molar-refractivity contribution in [3.63, 3.8) is 0 Å². The van der Waals surface area contributed by atoms with E-state index in [0.29, 0.717) is 0 Å². The van der Waals surface area contributed by atoms with Gasteiger partial charge in [0.05, 0.1) is 0 Å². The van der Waals surface area contributed by atoms with Gasteiger partial charge in [-0.1, -0.05) is 57.4 Å². The van der Waals surface area contributed by atoms with Crippen LogP contribution >= 0.6 is 0 Å². The van der Waals surface area contributed by atoms with Crippen molar-refractivity contribution in [1.82, 2.24) is 0 Å². The molecule has 5 aromatic rings. The first-order valence-corrected chi connectivity index (χ1v) is 16.2. The summed E-state index contributed by atoms with van der Waals surface area (Å²) in [5.41, 5.74) is 13.6. The zero-order chi connectivity index (χ0) is 31.1. The second-order valence-electron chi connectivity index (χ2n) is 12.7. The number of hydrogen-bond donors (Lipinski definition) is 0. The fourth-order valence-corrected chi connectivity index (χ4v) is 6.94. The molecule has 232 valence electrons. The van der Waals surface area contributed by atoms with Gasteiger partial charge in [-0.25, -0.2) is 18.2 Å². The Hall–Kier alpha value is -3.10. The first kappa shape index (κ1) is 35.8. The molecule has 0 saturated heterocycles. The van der Waals surface area contributed by atoms with Crippen molar-refractivity contribution >= 4 is 15.4 Å². The Morgan fingerprint density at radius 1 is 0.717 bits per heavy atom. The summed E-state index contributed by atoms with van der Waals surface area (Å²) < 4.78 is 26.6. The molecule has 0 spiro atoms. The molecule has 5 heteroatoms. The van der Waals surface area contributed by atoms with Gasteiger partial charge >= 0.3 is 108 Å². The van der Waals surface area contributed by atoms with Gasteiger partial charge in [-0.3, -0.25) is 6.08 Å². The Balaban J connectivity index is 0.000000183. The molecule has 3 aliphatic carbocycles. The normalized spacial score (nSPS) is 14.6. The third-order valence-corrected chi connectivity index (χ3v) is 10.1. The van der Waals surface area contributed by atoms with Crippen LogP contribution in [0.1, 0.15) is 72.2 Å². The van der Waals surface area contributed by atoms with Gasteiger partial charge in [-0.15, -0.1) is 11.6 Å². The van der Waals surface area contributed by atoms with Crippen molar-refractivity contribution in [2.24, 2.45) is 0 Å². The maximum absolute atomic E-state index is 12.8. The molecule has 0 radical (unpaired) electrons. The number of allylic oxidation sites excluding steroid dienone is 2. The SMILES string of the molecule is CC1(C)[C-]=Cc2cc3c(cc21)Cc1cc2c(cc1-3)C=CC2(C)C.Fc1ccc([C](=[Zr+2])c2ccc(F)cc2)cc1.[Cl-].[Cl-].c1cc[cH-]c1. The van der Waals surface area contributed by atoms with Crippen LogP contribution in [0.25, 0.3) is 23.3 Å². The predicted molar refractivity (Wildman–Crippen MR) is 176 cm³/mol. The van der Waals surface area contributed by atoms with Crippen molar-refractivity contribution in [3.05, 3.63) is 171 Å². The summed E-state index contributed by atoms with van der Waals surface area (Å²) in [6, 6.07) is 32.3. The number of hydrogen-bond acceptors (Lipinski definition) is 0. The minimum Gasteiger partial charge on any atom is -1.00 e. The summed E-state index contributed by atoms with van der Waals surface area (Å²) in [7, 11) is 0. The van der Waals surface area contributed by atoms with Crippen molar-refractivity contribution in [2.45, 2.75) is 44.9 Å². The first-order chi connectivity index (χ1) is 21.0. The molecule has 0 unspecified atom stereocenters. The monoisotopic (exact) mass is 724 g/mol. The molecule has 0 heterocycles. The summed E-state index contributed by atoms with van der Waals surface area (Å²) in [6.07, 6.45) is 11.4. The van der Waals surface area contributed by atoms with Gasteiger partial charge in [0.2, 0.25) is 0 Å². The molecule has 5 aromatic carbocycles. The van der Waals surface area contributed by atoms with Crippen LogP contribution in [0.3, 0.4) is 0 Å². The largest absolute Gasteiger partial charge is 1.00 e. The van der Waals surface area contributed by atoms with E-state index in [0.717, 1.165) is 20.8 Å². The molecule has 0 aromatic heterocycles. The van der Waals surface area contributed by atoms with Gasteiger partial charge in [0.25, 0.3) is 0 Å². The van der Waals surface area contributed by atoms with Gasteiger partial charge in [0, 0.05) is 5.41 Å². The van der Waals surface area contributed by atoms with Crippen LogP contribution in [0.4, 0.5) is 8.78 Å². The van der Waals surface area contributed by atoms with E-state index < -0.39 is 0 Å². The topological polar surface area (TPSA) is 0 Å². The van der Waals surface area contributed by atoms with E-state index in [1.165, 1.54) is 93.0 Å². The fourth-order valence-electron chi connectivity index (χ4n) is 6.12. The molecule has 46 heavy (non-hydrogen) atoms. The van der Waals surface area contributed by atoms with E-state index in [-0.39, 0.29) is 47.3 Å². The Labute approximate surface area is 298 Å². The number of fused-ring (bicyclic) bond motifs is 5. The molecule has 0 saturated carbocycles. The zero-order valence-corrected chi connectivity index (χ0v) is 30.2. The quantitative estimate of drug-likeness (QED) is 0.236. The molecule has 0 amide bonds. The maximum atomic E-state index is 12.8. The molecule has 0 bridgehead atoms. The summed E-state index contributed by atoms with van der Waals surface area (Å²) >= 11 is 1.22. The molecule has 0 nitrogen and oxygen atoms in total. The fraction of sp³-hybridized carbons (Fsp3) is 0.171. The summed E-state index contributed by atoms with van der Waals surface area (Å²) in [5, 5.41) is 0. The molecule has 0 fully saturated rings. The Morgan fingerprint density at radius 3 is 1.72 bits per heavy atom. The Kier molecular flexibility index (Phi) is 11.2. The molecular formula is C41H34Cl2F2Zr-2. The smallest absolute Gasteiger partial charge is 0.172 e. The van der Waals surface area contributed by atoms with Gasteiger partial charge in [0.1, 0.15) is 0 Å². The maximum Gasteiger partial charge on any atom is -0.172 e. The number of benzene rings is 4. The van der Waals surface area contributed by atoms with Gasteiger partial charge in [0.15, 0.2) is 0 Å². The summed E-state index contributed by atoms with van der Waals surface area (Å²) in [4.78, 5) is 0. The molecule has 8 rings (SSSR count). The van der Waals surface area contributed by atoms with Gasteiger partial charge in [-0.05, 0) is 45.9 Å². The second kappa shape index (κ2) is 14.3. The van der Waals surface area contributed by atoms with E-state index in [1.807, 2.05) is 30.3 Å². The summed E-state index contributed by atoms with van der Waals surface area (Å²) in [6.45, 7) is 9.13. The van der Waals surface area contributed by atoms with Crippen LogP contribution < -0.4 is 24.8 Å².